The topological polar surface area (TPSA) is 114 Å². The van der Waals surface area contributed by atoms with Crippen molar-refractivity contribution in [1.82, 2.24) is 15.0 Å². The zero-order valence-corrected chi connectivity index (χ0v) is 17.3. The van der Waals surface area contributed by atoms with Gasteiger partial charge in [-0.15, -0.1) is 0 Å². The summed E-state index contributed by atoms with van der Waals surface area (Å²) in [5.74, 6) is 8.09. The van der Waals surface area contributed by atoms with E-state index in [-0.39, 0.29) is 11.3 Å². The van der Waals surface area contributed by atoms with Crippen molar-refractivity contribution in [3.05, 3.63) is 94.8 Å². The van der Waals surface area contributed by atoms with Crippen LogP contribution in [0.1, 0.15) is 22.5 Å². The Hall–Kier alpha value is -4.08. The molecule has 12 heteroatoms. The van der Waals surface area contributed by atoms with E-state index in [0.29, 0.717) is 23.2 Å². The van der Waals surface area contributed by atoms with Gasteiger partial charge < -0.3 is 10.9 Å². The number of hydrogen-bond acceptors (Lipinski definition) is 6. The van der Waals surface area contributed by atoms with Gasteiger partial charge in [0, 0.05) is 29.6 Å². The summed E-state index contributed by atoms with van der Waals surface area (Å²) in [5.41, 5.74) is -5.24. The van der Waals surface area contributed by atoms with Crippen LogP contribution < -0.4 is 11.7 Å². The van der Waals surface area contributed by atoms with Crippen LogP contribution in [-0.4, -0.2) is 33.0 Å². The van der Waals surface area contributed by atoms with Crippen molar-refractivity contribution in [1.29, 1.82) is 0 Å². The highest BCUT2D eigenvalue weighted by atomic mass is 19.3. The highest BCUT2D eigenvalue weighted by Gasteiger charge is 2.58. The van der Waals surface area contributed by atoms with E-state index in [9.17, 15) is 18.3 Å². The number of hydrazine groups is 1. The Kier molecular flexibility index (Phi) is 7.09. The van der Waals surface area contributed by atoms with Crippen molar-refractivity contribution in [3.8, 4) is 11.8 Å². The zero-order chi connectivity index (χ0) is 24.9. The first-order valence-corrected chi connectivity index (χ1v) is 9.48. The Morgan fingerprint density at radius 3 is 2.44 bits per heavy atom. The predicted molar refractivity (Wildman–Crippen MR) is 112 cm³/mol. The molecular formula is C22H17F5N6O. The van der Waals surface area contributed by atoms with Crippen LogP contribution in [0.2, 0.25) is 0 Å². The van der Waals surface area contributed by atoms with E-state index in [1.165, 1.54) is 12.3 Å². The van der Waals surface area contributed by atoms with Crippen LogP contribution in [-0.2, 0) is 11.5 Å². The molecule has 0 saturated heterocycles. The molecular weight excluding hydrogens is 459 g/mol. The molecule has 0 saturated carbocycles. The lowest BCUT2D eigenvalue weighted by atomic mass is 9.84. The Morgan fingerprint density at radius 2 is 1.82 bits per heavy atom. The molecule has 0 aliphatic carbocycles. The number of pyridine rings is 2. The molecule has 1 aromatic carbocycles. The lowest BCUT2D eigenvalue weighted by Gasteiger charge is -2.37. The van der Waals surface area contributed by atoms with Crippen LogP contribution in [0.4, 0.5) is 22.0 Å². The number of aromatic nitrogens is 2. The Balaban J connectivity index is 2.02. The first kappa shape index (κ1) is 24.6. The second-order valence-corrected chi connectivity index (χ2v) is 7.01. The summed E-state index contributed by atoms with van der Waals surface area (Å²) in [4.78, 5) is 7.39. The van der Waals surface area contributed by atoms with Gasteiger partial charge in [-0.25, -0.2) is 24.0 Å². The number of halogens is 5. The predicted octanol–water partition coefficient (Wildman–Crippen LogP) is 2.35. The molecule has 2 aromatic heterocycles. The maximum absolute atomic E-state index is 15.6. The standard InChI is InChI=1S/C22H17F5N6O/c23-15-5-6-16(18(25)10-15)21(34,12-33(29)13-32-28)22(26,27)20-8-4-14(11-31-20)3-7-19-17(24)2-1-9-30-19/h1-2,4-6,8-11,13,34H,12,28-29H2/b32-13-. The lowest BCUT2D eigenvalue weighted by molar-refractivity contribution is -0.203. The smallest absolute Gasteiger partial charge is 0.323 e. The number of hydrogen-bond donors (Lipinski definition) is 3. The molecule has 0 bridgehead atoms. The molecule has 3 rings (SSSR count). The normalized spacial score (nSPS) is 13.3. The molecule has 2 heterocycles. The van der Waals surface area contributed by atoms with Crippen molar-refractivity contribution in [2.45, 2.75) is 11.5 Å². The molecule has 3 aromatic rings. The first-order chi connectivity index (χ1) is 16.1. The van der Waals surface area contributed by atoms with E-state index in [4.69, 9.17) is 11.7 Å². The SMILES string of the molecule is N/N=C\N(N)CC(O)(c1ccc(F)cc1F)C(F)(F)c1ccc(C#Cc2ncccc2F)cn1. The largest absolute Gasteiger partial charge is 0.377 e. The monoisotopic (exact) mass is 476 g/mol. The number of benzene rings is 1. The molecule has 7 nitrogen and oxygen atoms in total. The van der Waals surface area contributed by atoms with Crippen LogP contribution in [0.5, 0.6) is 0 Å². The van der Waals surface area contributed by atoms with Gasteiger partial charge in [0.2, 0.25) is 0 Å². The summed E-state index contributed by atoms with van der Waals surface area (Å²) in [6.45, 7) is -1.09. The van der Waals surface area contributed by atoms with E-state index in [1.807, 2.05) is 0 Å². The van der Waals surface area contributed by atoms with Gasteiger partial charge >= 0.3 is 5.92 Å². The molecule has 0 aliphatic heterocycles. The van der Waals surface area contributed by atoms with Gasteiger partial charge in [-0.3, -0.25) is 9.99 Å². The van der Waals surface area contributed by atoms with Crippen LogP contribution in [0.15, 0.2) is 60.0 Å². The molecule has 0 aliphatic rings. The average molecular weight is 476 g/mol. The Labute approximate surface area is 190 Å². The highest BCUT2D eigenvalue weighted by molar-refractivity contribution is 5.54. The van der Waals surface area contributed by atoms with Crippen molar-refractivity contribution < 1.29 is 27.1 Å². The molecule has 5 N–H and O–H groups in total. The fourth-order valence-electron chi connectivity index (χ4n) is 3.04. The van der Waals surface area contributed by atoms with Crippen LogP contribution in [0.3, 0.4) is 0 Å². The summed E-state index contributed by atoms with van der Waals surface area (Å²) < 4.78 is 72.6. The first-order valence-electron chi connectivity index (χ1n) is 9.48. The lowest BCUT2D eigenvalue weighted by Crippen LogP contribution is -2.53. The minimum absolute atomic E-state index is 0.136. The second-order valence-electron chi connectivity index (χ2n) is 7.01. The van der Waals surface area contributed by atoms with Gasteiger partial charge in [0.15, 0.2) is 11.4 Å². The molecule has 0 radical (unpaired) electrons. The van der Waals surface area contributed by atoms with Crippen molar-refractivity contribution in [2.75, 3.05) is 6.54 Å². The van der Waals surface area contributed by atoms with Gasteiger partial charge in [-0.05, 0) is 42.3 Å². The molecule has 34 heavy (non-hydrogen) atoms. The molecule has 0 spiro atoms. The molecule has 176 valence electrons. The second kappa shape index (κ2) is 9.82. The number of alkyl halides is 2. The van der Waals surface area contributed by atoms with Gasteiger partial charge in [0.25, 0.3) is 0 Å². The summed E-state index contributed by atoms with van der Waals surface area (Å²) in [6.07, 6.45) is 3.02. The minimum atomic E-state index is -4.25. The van der Waals surface area contributed by atoms with Crippen molar-refractivity contribution in [3.63, 3.8) is 0 Å². The third kappa shape index (κ3) is 4.95. The maximum Gasteiger partial charge on any atom is 0.323 e. The van der Waals surface area contributed by atoms with E-state index < -0.39 is 46.8 Å². The van der Waals surface area contributed by atoms with Gasteiger partial charge in [0.05, 0.1) is 6.54 Å². The van der Waals surface area contributed by atoms with Gasteiger partial charge in [-0.1, -0.05) is 5.92 Å². The molecule has 1 unspecified atom stereocenters. The van der Waals surface area contributed by atoms with Crippen molar-refractivity contribution in [2.24, 2.45) is 16.8 Å². The summed E-state index contributed by atoms with van der Waals surface area (Å²) >= 11 is 0. The van der Waals surface area contributed by atoms with E-state index in [1.54, 1.807) is 0 Å². The summed E-state index contributed by atoms with van der Waals surface area (Å²) in [6, 6.07) is 6.26. The Bertz CT molecular complexity index is 1260. The molecule has 0 amide bonds. The summed E-state index contributed by atoms with van der Waals surface area (Å²) in [7, 11) is 0. The minimum Gasteiger partial charge on any atom is -0.377 e. The molecule has 1 atom stereocenters. The number of hydrazone groups is 1. The Morgan fingerprint density at radius 1 is 1.06 bits per heavy atom. The van der Waals surface area contributed by atoms with Crippen LogP contribution >= 0.6 is 0 Å². The van der Waals surface area contributed by atoms with Crippen LogP contribution in [0.25, 0.3) is 0 Å². The average Bonchev–Trinajstić information content (AvgIpc) is 2.78. The number of aliphatic hydroxyl groups is 1. The highest BCUT2D eigenvalue weighted by Crippen LogP contribution is 2.45. The fraction of sp³-hybridized carbons (Fsp3) is 0.136. The van der Waals surface area contributed by atoms with Crippen molar-refractivity contribution >= 4 is 6.34 Å². The van der Waals surface area contributed by atoms with Gasteiger partial charge in [-0.2, -0.15) is 13.9 Å². The summed E-state index contributed by atoms with van der Waals surface area (Å²) in [5, 5.41) is 14.6. The third-order valence-corrected chi connectivity index (χ3v) is 4.69. The van der Waals surface area contributed by atoms with Gasteiger partial charge in [0.1, 0.15) is 29.4 Å². The maximum atomic E-state index is 15.6. The number of rotatable bonds is 6. The van der Waals surface area contributed by atoms with Crippen LogP contribution in [0, 0.1) is 29.3 Å². The van der Waals surface area contributed by atoms with E-state index >= 15 is 8.78 Å². The number of nitrogens with zero attached hydrogens (tertiary/aromatic N) is 4. The third-order valence-electron chi connectivity index (χ3n) is 4.69. The van der Waals surface area contributed by atoms with E-state index in [0.717, 1.165) is 30.7 Å². The number of nitrogens with two attached hydrogens (primary N) is 2. The fourth-order valence-corrected chi connectivity index (χ4v) is 3.04. The zero-order valence-electron chi connectivity index (χ0n) is 17.3. The van der Waals surface area contributed by atoms with E-state index in [2.05, 4.69) is 26.9 Å². The molecule has 0 fully saturated rings. The quantitative estimate of drug-likeness (QED) is 0.126.